The van der Waals surface area contributed by atoms with Crippen LogP contribution in [-0.4, -0.2) is 77.2 Å². The zero-order valence-electron chi connectivity index (χ0n) is 20.3. The number of nitrogens with one attached hydrogen (secondary N) is 3. The molecule has 2 aliphatic rings. The normalized spacial score (nSPS) is 21.0. The molecule has 1 saturated heterocycles. The highest BCUT2D eigenvalue weighted by atomic mass is 16.2. The lowest BCUT2D eigenvalue weighted by atomic mass is 9.90. The standard InChI is InChI=1S/C25H37N7O2/c1-3-30(21-10-6-20(26-2)7-11-21)18-19-4-8-22(9-5-19)32-15-12-23(29-25(32)34)28-24(33)31-16-13-27-14-17-31/h4-5,8-9,12,15,20-21,26-27H,3,6-7,10-11,13-14,16-18H2,1-2H3,(H,28,29,33,34)/t20-,21-. The number of carbonyl (C=O) groups excluding carboxylic acids is 1. The molecule has 34 heavy (non-hydrogen) atoms. The van der Waals surface area contributed by atoms with Gasteiger partial charge in [0, 0.05) is 51.0 Å². The van der Waals surface area contributed by atoms with Gasteiger partial charge in [0.15, 0.2) is 0 Å². The number of urea groups is 1. The van der Waals surface area contributed by atoms with E-state index >= 15 is 0 Å². The summed E-state index contributed by atoms with van der Waals surface area (Å²) in [5.41, 5.74) is 1.59. The summed E-state index contributed by atoms with van der Waals surface area (Å²) in [5.74, 6) is 0.271. The van der Waals surface area contributed by atoms with E-state index in [0.29, 0.717) is 25.2 Å². The molecule has 4 rings (SSSR count). The van der Waals surface area contributed by atoms with Gasteiger partial charge >= 0.3 is 11.7 Å². The number of anilines is 1. The molecule has 1 aromatic heterocycles. The topological polar surface area (TPSA) is 94.5 Å². The summed E-state index contributed by atoms with van der Waals surface area (Å²) in [5, 5.41) is 9.35. The fourth-order valence-corrected chi connectivity index (χ4v) is 4.95. The minimum absolute atomic E-state index is 0.226. The lowest BCUT2D eigenvalue weighted by Gasteiger charge is -2.36. The number of benzene rings is 1. The van der Waals surface area contributed by atoms with Crippen molar-refractivity contribution in [1.29, 1.82) is 0 Å². The Morgan fingerprint density at radius 2 is 1.82 bits per heavy atom. The molecule has 9 heteroatoms. The van der Waals surface area contributed by atoms with Crippen LogP contribution in [0.25, 0.3) is 5.69 Å². The third kappa shape index (κ3) is 6.02. The Labute approximate surface area is 201 Å². The molecule has 9 nitrogen and oxygen atoms in total. The molecule has 1 aliphatic heterocycles. The van der Waals surface area contributed by atoms with Crippen molar-refractivity contribution < 1.29 is 4.79 Å². The molecule has 0 unspecified atom stereocenters. The van der Waals surface area contributed by atoms with E-state index in [0.717, 1.165) is 31.9 Å². The molecule has 0 bridgehead atoms. The number of aromatic nitrogens is 2. The first-order valence-corrected chi connectivity index (χ1v) is 12.4. The lowest BCUT2D eigenvalue weighted by molar-refractivity contribution is 0.144. The van der Waals surface area contributed by atoms with Crippen molar-refractivity contribution in [2.75, 3.05) is 45.1 Å². The predicted octanol–water partition coefficient (Wildman–Crippen LogP) is 2.02. The van der Waals surface area contributed by atoms with Crippen molar-refractivity contribution in [2.45, 2.75) is 51.2 Å². The summed E-state index contributed by atoms with van der Waals surface area (Å²) < 4.78 is 1.50. The van der Waals surface area contributed by atoms with Crippen molar-refractivity contribution in [3.05, 3.63) is 52.6 Å². The highest BCUT2D eigenvalue weighted by Crippen LogP contribution is 2.24. The third-order valence-corrected chi connectivity index (χ3v) is 7.07. The highest BCUT2D eigenvalue weighted by Gasteiger charge is 2.24. The molecule has 1 saturated carbocycles. The van der Waals surface area contributed by atoms with Crippen molar-refractivity contribution in [2.24, 2.45) is 0 Å². The van der Waals surface area contributed by atoms with Crippen LogP contribution >= 0.6 is 0 Å². The fraction of sp³-hybridized carbons (Fsp3) is 0.560. The molecule has 184 valence electrons. The van der Waals surface area contributed by atoms with Gasteiger partial charge in [-0.3, -0.25) is 14.8 Å². The molecule has 2 aromatic rings. The molecule has 0 radical (unpaired) electrons. The quantitative estimate of drug-likeness (QED) is 0.577. The third-order valence-electron chi connectivity index (χ3n) is 7.07. The maximum Gasteiger partial charge on any atom is 0.354 e. The Morgan fingerprint density at radius 1 is 1.12 bits per heavy atom. The minimum atomic E-state index is -0.415. The zero-order chi connectivity index (χ0) is 23.9. The van der Waals surface area contributed by atoms with E-state index in [1.54, 1.807) is 17.2 Å². The molecule has 1 aliphatic carbocycles. The van der Waals surface area contributed by atoms with E-state index in [9.17, 15) is 9.59 Å². The molecular weight excluding hydrogens is 430 g/mol. The van der Waals surface area contributed by atoms with Crippen LogP contribution in [0.3, 0.4) is 0 Å². The summed E-state index contributed by atoms with van der Waals surface area (Å²) in [4.78, 5) is 33.3. The number of carbonyl (C=O) groups is 1. The van der Waals surface area contributed by atoms with Gasteiger partial charge in [0.25, 0.3) is 0 Å². The number of hydrogen-bond donors (Lipinski definition) is 3. The van der Waals surface area contributed by atoms with Crippen LogP contribution in [0.15, 0.2) is 41.3 Å². The second-order valence-electron chi connectivity index (χ2n) is 9.16. The number of hydrogen-bond acceptors (Lipinski definition) is 6. The Bertz CT molecular complexity index is 993. The van der Waals surface area contributed by atoms with Crippen LogP contribution in [0.5, 0.6) is 0 Å². The largest absolute Gasteiger partial charge is 0.354 e. The Balaban J connectivity index is 1.37. The summed E-state index contributed by atoms with van der Waals surface area (Å²) in [7, 11) is 2.06. The van der Waals surface area contributed by atoms with Gasteiger partial charge in [-0.15, -0.1) is 0 Å². The maximum absolute atomic E-state index is 12.6. The van der Waals surface area contributed by atoms with Crippen molar-refractivity contribution >= 4 is 11.8 Å². The number of amides is 2. The number of piperazine rings is 1. The summed E-state index contributed by atoms with van der Waals surface area (Å²) in [6.07, 6.45) is 6.60. The SMILES string of the molecule is CCN(Cc1ccc(-n2ccc(NC(=O)N3CCNCC3)nc2=O)cc1)[C@H]1CC[C@H](NC)CC1. The minimum Gasteiger partial charge on any atom is -0.322 e. The zero-order valence-corrected chi connectivity index (χ0v) is 20.3. The van der Waals surface area contributed by atoms with Crippen molar-refractivity contribution in [3.63, 3.8) is 0 Å². The summed E-state index contributed by atoms with van der Waals surface area (Å²) >= 11 is 0. The summed E-state index contributed by atoms with van der Waals surface area (Å²) in [6.45, 7) is 6.99. The van der Waals surface area contributed by atoms with Gasteiger partial charge in [0.05, 0.1) is 5.69 Å². The van der Waals surface area contributed by atoms with Gasteiger partial charge < -0.3 is 15.5 Å². The second kappa shape index (κ2) is 11.6. The van der Waals surface area contributed by atoms with Gasteiger partial charge in [-0.25, -0.2) is 9.59 Å². The number of nitrogens with zero attached hydrogens (tertiary/aromatic N) is 4. The molecule has 3 N–H and O–H groups in total. The van der Waals surface area contributed by atoms with Crippen LogP contribution in [0.2, 0.25) is 0 Å². The second-order valence-corrected chi connectivity index (χ2v) is 9.16. The van der Waals surface area contributed by atoms with Gasteiger partial charge in [-0.2, -0.15) is 4.98 Å². The van der Waals surface area contributed by atoms with Crippen molar-refractivity contribution in [1.82, 2.24) is 30.0 Å². The lowest BCUT2D eigenvalue weighted by Crippen LogP contribution is -2.48. The molecule has 0 atom stereocenters. The van der Waals surface area contributed by atoms with Crippen molar-refractivity contribution in [3.8, 4) is 5.69 Å². The van der Waals surface area contributed by atoms with Gasteiger partial charge in [0.1, 0.15) is 5.82 Å². The van der Waals surface area contributed by atoms with Crippen LogP contribution in [0.4, 0.5) is 10.6 Å². The first-order valence-electron chi connectivity index (χ1n) is 12.4. The molecule has 2 heterocycles. The van der Waals surface area contributed by atoms with Gasteiger partial charge in [0.2, 0.25) is 0 Å². The van der Waals surface area contributed by atoms with Crippen LogP contribution in [0, 0.1) is 0 Å². The first-order chi connectivity index (χ1) is 16.6. The molecule has 2 amide bonds. The predicted molar refractivity (Wildman–Crippen MR) is 134 cm³/mol. The van der Waals surface area contributed by atoms with E-state index in [2.05, 4.69) is 51.9 Å². The summed E-state index contributed by atoms with van der Waals surface area (Å²) in [6, 6.07) is 10.8. The van der Waals surface area contributed by atoms with E-state index in [1.807, 2.05) is 12.1 Å². The monoisotopic (exact) mass is 467 g/mol. The van der Waals surface area contributed by atoms with E-state index in [-0.39, 0.29) is 11.8 Å². The molecule has 1 aromatic carbocycles. The van der Waals surface area contributed by atoms with E-state index in [1.165, 1.54) is 35.8 Å². The Morgan fingerprint density at radius 3 is 2.44 bits per heavy atom. The van der Waals surface area contributed by atoms with E-state index < -0.39 is 5.69 Å². The first kappa shape index (κ1) is 24.4. The molecule has 2 fully saturated rings. The fourth-order valence-electron chi connectivity index (χ4n) is 4.95. The Hall–Kier alpha value is -2.75. The van der Waals surface area contributed by atoms with Crippen LogP contribution < -0.4 is 21.6 Å². The molecular formula is C25H37N7O2. The average molecular weight is 468 g/mol. The van der Waals surface area contributed by atoms with E-state index in [4.69, 9.17) is 0 Å². The number of rotatable bonds is 7. The van der Waals surface area contributed by atoms with Gasteiger partial charge in [-0.1, -0.05) is 19.1 Å². The maximum atomic E-state index is 12.6. The molecule has 0 spiro atoms. The average Bonchev–Trinajstić information content (AvgIpc) is 2.88. The smallest absolute Gasteiger partial charge is 0.322 e. The van der Waals surface area contributed by atoms with Crippen LogP contribution in [0.1, 0.15) is 38.2 Å². The van der Waals surface area contributed by atoms with Crippen LogP contribution in [-0.2, 0) is 6.54 Å². The Kier molecular flexibility index (Phi) is 8.31. The highest BCUT2D eigenvalue weighted by molar-refractivity contribution is 5.88. The van der Waals surface area contributed by atoms with Gasteiger partial charge in [-0.05, 0) is 63.0 Å².